The topological polar surface area (TPSA) is 58.6 Å². The van der Waals surface area contributed by atoms with E-state index in [1.807, 2.05) is 49.4 Å². The van der Waals surface area contributed by atoms with Crippen molar-refractivity contribution in [2.24, 2.45) is 0 Å². The normalized spacial score (nSPS) is 15.6. The van der Waals surface area contributed by atoms with E-state index in [2.05, 4.69) is 21.2 Å². The average Bonchev–Trinajstić information content (AvgIpc) is 2.83. The summed E-state index contributed by atoms with van der Waals surface area (Å²) in [7, 11) is 1.44. The van der Waals surface area contributed by atoms with Crippen LogP contribution in [0.4, 0.5) is 4.79 Å². The number of aryl methyl sites for hydroxylation is 1. The van der Waals surface area contributed by atoms with Gasteiger partial charge in [0, 0.05) is 17.1 Å². The highest BCUT2D eigenvalue weighted by Gasteiger charge is 2.30. The molecule has 0 saturated carbocycles. The van der Waals surface area contributed by atoms with Gasteiger partial charge in [-0.3, -0.25) is 9.69 Å². The summed E-state index contributed by atoms with van der Waals surface area (Å²) in [4.78, 5) is 24.7. The fourth-order valence-electron chi connectivity index (χ4n) is 2.39. The lowest BCUT2D eigenvalue weighted by atomic mass is 10.1. The summed E-state index contributed by atoms with van der Waals surface area (Å²) < 4.78 is 6.77. The van der Waals surface area contributed by atoms with Crippen LogP contribution >= 0.6 is 15.9 Å². The van der Waals surface area contributed by atoms with Crippen LogP contribution in [-0.4, -0.2) is 23.9 Å². The van der Waals surface area contributed by atoms with Crippen molar-refractivity contribution in [1.29, 1.82) is 0 Å². The molecule has 3 amide bonds. The van der Waals surface area contributed by atoms with Crippen molar-refractivity contribution >= 4 is 33.9 Å². The number of likely N-dealkylation sites (N-methyl/N-ethyl adjacent to an activating group) is 1. The van der Waals surface area contributed by atoms with Crippen molar-refractivity contribution in [2.75, 3.05) is 7.05 Å². The van der Waals surface area contributed by atoms with Crippen LogP contribution in [0.15, 0.2) is 52.6 Å². The third kappa shape index (κ3) is 3.91. The summed E-state index contributed by atoms with van der Waals surface area (Å²) in [6, 6.07) is 13.2. The maximum atomic E-state index is 12.0. The van der Waals surface area contributed by atoms with Gasteiger partial charge in [-0.2, -0.15) is 0 Å². The molecule has 0 radical (unpaired) electrons. The van der Waals surface area contributed by atoms with Crippen molar-refractivity contribution in [1.82, 2.24) is 10.2 Å². The van der Waals surface area contributed by atoms with Gasteiger partial charge in [0.25, 0.3) is 5.91 Å². The lowest BCUT2D eigenvalue weighted by molar-refractivity contribution is -0.121. The highest BCUT2D eigenvalue weighted by molar-refractivity contribution is 9.10. The van der Waals surface area contributed by atoms with Crippen molar-refractivity contribution in [2.45, 2.75) is 13.5 Å². The van der Waals surface area contributed by atoms with Gasteiger partial charge < -0.3 is 10.1 Å². The molecule has 0 spiro atoms. The van der Waals surface area contributed by atoms with Crippen molar-refractivity contribution in [3.63, 3.8) is 0 Å². The summed E-state index contributed by atoms with van der Waals surface area (Å²) in [5.41, 5.74) is 3.18. The van der Waals surface area contributed by atoms with E-state index in [1.165, 1.54) is 12.6 Å². The highest BCUT2D eigenvalue weighted by Crippen LogP contribution is 2.27. The Hall–Kier alpha value is -2.60. The van der Waals surface area contributed by atoms with Gasteiger partial charge in [0.1, 0.15) is 18.1 Å². The number of nitrogens with one attached hydrogen (secondary N) is 1. The Bertz CT molecular complexity index is 859. The second kappa shape index (κ2) is 7.11. The molecule has 6 heteroatoms. The second-order valence-electron chi connectivity index (χ2n) is 5.81. The first-order valence-electron chi connectivity index (χ1n) is 7.72. The molecule has 1 aliphatic rings. The molecule has 2 aromatic carbocycles. The Kier molecular flexibility index (Phi) is 4.90. The quantitative estimate of drug-likeness (QED) is 0.625. The van der Waals surface area contributed by atoms with Gasteiger partial charge in [-0.15, -0.1) is 0 Å². The summed E-state index contributed by atoms with van der Waals surface area (Å²) in [5, 5.41) is 2.56. The van der Waals surface area contributed by atoms with Crippen LogP contribution in [0.3, 0.4) is 0 Å². The van der Waals surface area contributed by atoms with Crippen LogP contribution in [0.1, 0.15) is 16.7 Å². The van der Waals surface area contributed by atoms with Gasteiger partial charge in [0.2, 0.25) is 0 Å². The maximum absolute atomic E-state index is 12.0. The van der Waals surface area contributed by atoms with E-state index >= 15 is 0 Å². The first kappa shape index (κ1) is 17.2. The zero-order chi connectivity index (χ0) is 18.0. The first-order chi connectivity index (χ1) is 11.9. The second-order valence-corrected chi connectivity index (χ2v) is 6.72. The minimum atomic E-state index is -0.437. The van der Waals surface area contributed by atoms with Gasteiger partial charge in [-0.1, -0.05) is 45.8 Å². The van der Waals surface area contributed by atoms with Crippen LogP contribution in [0, 0.1) is 6.92 Å². The van der Waals surface area contributed by atoms with Gasteiger partial charge in [-0.05, 0) is 36.8 Å². The van der Waals surface area contributed by atoms with Gasteiger partial charge in [0.15, 0.2) is 0 Å². The van der Waals surface area contributed by atoms with E-state index in [9.17, 15) is 9.59 Å². The van der Waals surface area contributed by atoms with E-state index in [4.69, 9.17) is 4.74 Å². The molecule has 1 aliphatic heterocycles. The molecule has 0 unspecified atom stereocenters. The zero-order valence-electron chi connectivity index (χ0n) is 13.9. The lowest BCUT2D eigenvalue weighted by Crippen LogP contribution is -2.25. The van der Waals surface area contributed by atoms with Crippen molar-refractivity contribution in [3.05, 3.63) is 69.3 Å². The Morgan fingerprint density at radius 2 is 1.88 bits per heavy atom. The maximum Gasteiger partial charge on any atom is 0.328 e. The Morgan fingerprint density at radius 1 is 1.16 bits per heavy atom. The van der Waals surface area contributed by atoms with E-state index in [0.717, 1.165) is 14.9 Å². The molecular formula is C19H17BrN2O3. The number of hydrogen-bond donors (Lipinski definition) is 1. The number of carbonyl (C=O) groups excluding carboxylic acids is 2. The molecule has 2 aromatic rings. The molecule has 1 N–H and O–H groups in total. The molecule has 0 aliphatic carbocycles. The standard InChI is InChI=1S/C19H17BrN2O3/c1-12-3-5-13(6-4-12)11-25-17-8-7-15(20)9-14(17)10-16-18(23)22(2)19(24)21-16/h3-10H,11H2,1-2H3,(H,21,24)/b16-10+. The van der Waals surface area contributed by atoms with Crippen molar-refractivity contribution < 1.29 is 14.3 Å². The number of amides is 3. The minimum Gasteiger partial charge on any atom is -0.488 e. The summed E-state index contributed by atoms with van der Waals surface area (Å²) in [5.74, 6) is 0.266. The third-order valence-electron chi connectivity index (χ3n) is 3.87. The monoisotopic (exact) mass is 400 g/mol. The van der Waals surface area contributed by atoms with E-state index in [0.29, 0.717) is 17.9 Å². The number of imide groups is 1. The number of urea groups is 1. The number of rotatable bonds is 4. The summed E-state index contributed by atoms with van der Waals surface area (Å²) in [6.07, 6.45) is 1.62. The van der Waals surface area contributed by atoms with E-state index < -0.39 is 6.03 Å². The lowest BCUT2D eigenvalue weighted by Gasteiger charge is -2.11. The van der Waals surface area contributed by atoms with E-state index in [-0.39, 0.29) is 11.6 Å². The Morgan fingerprint density at radius 3 is 2.52 bits per heavy atom. The molecule has 3 rings (SSSR count). The largest absolute Gasteiger partial charge is 0.488 e. The number of halogens is 1. The molecule has 0 aromatic heterocycles. The summed E-state index contributed by atoms with van der Waals surface area (Å²) >= 11 is 3.42. The zero-order valence-corrected chi connectivity index (χ0v) is 15.5. The molecule has 25 heavy (non-hydrogen) atoms. The van der Waals surface area contributed by atoms with Crippen molar-refractivity contribution in [3.8, 4) is 5.75 Å². The Labute approximate surface area is 154 Å². The molecular weight excluding hydrogens is 384 g/mol. The highest BCUT2D eigenvalue weighted by atomic mass is 79.9. The first-order valence-corrected chi connectivity index (χ1v) is 8.52. The van der Waals surface area contributed by atoms with Gasteiger partial charge in [-0.25, -0.2) is 4.79 Å². The molecule has 1 saturated heterocycles. The van der Waals surface area contributed by atoms with Crippen LogP contribution in [-0.2, 0) is 11.4 Å². The van der Waals surface area contributed by atoms with Crippen LogP contribution < -0.4 is 10.1 Å². The average molecular weight is 401 g/mol. The SMILES string of the molecule is Cc1ccc(COc2ccc(Br)cc2/C=C2/NC(=O)N(C)C2=O)cc1. The number of hydrogen-bond acceptors (Lipinski definition) is 3. The molecule has 0 atom stereocenters. The third-order valence-corrected chi connectivity index (χ3v) is 4.36. The van der Waals surface area contributed by atoms with Gasteiger partial charge in [0.05, 0.1) is 0 Å². The predicted octanol–water partition coefficient (Wildman–Crippen LogP) is 3.86. The van der Waals surface area contributed by atoms with E-state index in [1.54, 1.807) is 6.08 Å². The number of carbonyl (C=O) groups is 2. The Balaban J connectivity index is 1.84. The molecule has 0 bridgehead atoms. The van der Waals surface area contributed by atoms with Crippen LogP contribution in [0.2, 0.25) is 0 Å². The minimum absolute atomic E-state index is 0.228. The molecule has 128 valence electrons. The number of nitrogens with zero attached hydrogens (tertiary/aromatic N) is 1. The number of benzene rings is 2. The fourth-order valence-corrected chi connectivity index (χ4v) is 2.77. The van der Waals surface area contributed by atoms with Crippen LogP contribution in [0.5, 0.6) is 5.75 Å². The smallest absolute Gasteiger partial charge is 0.328 e. The predicted molar refractivity (Wildman–Crippen MR) is 98.9 cm³/mol. The van der Waals surface area contributed by atoms with Crippen LogP contribution in [0.25, 0.3) is 6.08 Å². The molecule has 1 fully saturated rings. The molecule has 1 heterocycles. The molecule has 5 nitrogen and oxygen atoms in total. The summed E-state index contributed by atoms with van der Waals surface area (Å²) in [6.45, 7) is 2.45. The van der Waals surface area contributed by atoms with Gasteiger partial charge >= 0.3 is 6.03 Å². The number of ether oxygens (including phenoxy) is 1. The fraction of sp³-hybridized carbons (Fsp3) is 0.158.